The van der Waals surface area contributed by atoms with E-state index in [0.29, 0.717) is 49.2 Å². The van der Waals surface area contributed by atoms with Gasteiger partial charge in [-0.3, -0.25) is 9.69 Å². The number of amides is 1. The van der Waals surface area contributed by atoms with Gasteiger partial charge in [-0.25, -0.2) is 13.4 Å². The van der Waals surface area contributed by atoms with Gasteiger partial charge in [0.25, 0.3) is 0 Å². The third-order valence-electron chi connectivity index (χ3n) is 6.13. The fourth-order valence-corrected chi connectivity index (χ4v) is 6.78. The van der Waals surface area contributed by atoms with E-state index in [-0.39, 0.29) is 16.7 Å². The monoisotopic (exact) mass is 520 g/mol. The van der Waals surface area contributed by atoms with Crippen LogP contribution in [0.2, 0.25) is 5.02 Å². The van der Waals surface area contributed by atoms with E-state index in [1.807, 2.05) is 44.1 Å². The van der Waals surface area contributed by atoms with Crippen LogP contribution in [0.4, 0.5) is 5.13 Å². The first kappa shape index (κ1) is 25.1. The van der Waals surface area contributed by atoms with E-state index in [1.54, 1.807) is 17.0 Å². The number of halogens is 1. The van der Waals surface area contributed by atoms with Crippen molar-refractivity contribution in [1.82, 2.24) is 14.2 Å². The molecule has 1 aliphatic heterocycles. The average molecular weight is 521 g/mol. The summed E-state index contributed by atoms with van der Waals surface area (Å²) in [5.74, 6) is -0.228. The quantitative estimate of drug-likeness (QED) is 0.465. The minimum atomic E-state index is -3.61. The molecule has 0 atom stereocenters. The number of hydrogen-bond donors (Lipinski definition) is 0. The number of aryl methyl sites for hydroxylation is 1. The number of thiazole rings is 1. The SMILES string of the molecule is Cc1cccc2sc(N(CCN(C)C)C(=O)C3CCN(S(=O)(=O)c4ccc(Cl)cc4)CC3)nc12. The number of aromatic nitrogens is 1. The van der Waals surface area contributed by atoms with Gasteiger partial charge in [-0.1, -0.05) is 35.1 Å². The van der Waals surface area contributed by atoms with Gasteiger partial charge in [0.1, 0.15) is 0 Å². The Hall–Kier alpha value is -2.04. The van der Waals surface area contributed by atoms with Gasteiger partial charge in [0.2, 0.25) is 15.9 Å². The van der Waals surface area contributed by atoms with E-state index in [1.165, 1.54) is 27.8 Å². The molecule has 2 aromatic carbocycles. The molecule has 0 spiro atoms. The molecule has 0 N–H and O–H groups in total. The van der Waals surface area contributed by atoms with Crippen LogP contribution in [0, 0.1) is 12.8 Å². The predicted octanol–water partition coefficient (Wildman–Crippen LogP) is 4.25. The van der Waals surface area contributed by atoms with Gasteiger partial charge in [-0.2, -0.15) is 4.31 Å². The third-order valence-corrected chi connectivity index (χ3v) is 9.34. The summed E-state index contributed by atoms with van der Waals surface area (Å²) in [6, 6.07) is 12.2. The van der Waals surface area contributed by atoms with Gasteiger partial charge in [-0.15, -0.1) is 0 Å². The summed E-state index contributed by atoms with van der Waals surface area (Å²) >= 11 is 7.43. The molecule has 1 saturated heterocycles. The molecule has 0 aliphatic carbocycles. The van der Waals surface area contributed by atoms with E-state index >= 15 is 0 Å². The third kappa shape index (κ3) is 5.28. The minimum absolute atomic E-state index is 0.0158. The summed E-state index contributed by atoms with van der Waals surface area (Å²) in [6.45, 7) is 3.89. The Morgan fingerprint density at radius 3 is 2.41 bits per heavy atom. The lowest BCUT2D eigenvalue weighted by atomic mass is 9.96. The molecule has 1 amide bonds. The number of fused-ring (bicyclic) bond motifs is 1. The number of piperidine rings is 1. The summed E-state index contributed by atoms with van der Waals surface area (Å²) in [5, 5.41) is 1.19. The summed E-state index contributed by atoms with van der Waals surface area (Å²) in [7, 11) is 0.344. The van der Waals surface area contributed by atoms with Crippen molar-refractivity contribution in [2.45, 2.75) is 24.7 Å². The van der Waals surface area contributed by atoms with E-state index < -0.39 is 10.0 Å². The Morgan fingerprint density at radius 2 is 1.79 bits per heavy atom. The van der Waals surface area contributed by atoms with Crippen LogP contribution in [0.5, 0.6) is 0 Å². The smallest absolute Gasteiger partial charge is 0.243 e. The summed E-state index contributed by atoms with van der Waals surface area (Å²) in [6.07, 6.45) is 0.960. The zero-order valence-corrected chi connectivity index (χ0v) is 22.0. The Labute approximate surface area is 210 Å². The lowest BCUT2D eigenvalue weighted by Crippen LogP contribution is -2.46. The average Bonchev–Trinajstić information content (AvgIpc) is 3.24. The van der Waals surface area contributed by atoms with E-state index in [0.717, 1.165) is 15.8 Å². The van der Waals surface area contributed by atoms with Crippen molar-refractivity contribution in [2.75, 3.05) is 45.2 Å². The van der Waals surface area contributed by atoms with Crippen molar-refractivity contribution in [3.63, 3.8) is 0 Å². The van der Waals surface area contributed by atoms with E-state index in [2.05, 4.69) is 0 Å². The number of anilines is 1. The van der Waals surface area contributed by atoms with Crippen molar-refractivity contribution >= 4 is 54.2 Å². The predicted molar refractivity (Wildman–Crippen MR) is 138 cm³/mol. The number of para-hydroxylation sites is 1. The highest BCUT2D eigenvalue weighted by Gasteiger charge is 2.35. The number of rotatable bonds is 7. The highest BCUT2D eigenvalue weighted by Crippen LogP contribution is 2.33. The minimum Gasteiger partial charge on any atom is -0.308 e. The number of carbonyl (C=O) groups excluding carboxylic acids is 1. The summed E-state index contributed by atoms with van der Waals surface area (Å²) < 4.78 is 28.5. The fraction of sp³-hybridized carbons (Fsp3) is 0.417. The zero-order valence-electron chi connectivity index (χ0n) is 19.6. The first-order valence-corrected chi connectivity index (χ1v) is 13.9. The molecule has 0 bridgehead atoms. The lowest BCUT2D eigenvalue weighted by molar-refractivity contribution is -0.123. The molecule has 7 nitrogen and oxygen atoms in total. The second-order valence-electron chi connectivity index (χ2n) is 8.84. The molecular weight excluding hydrogens is 492 g/mol. The second-order valence-corrected chi connectivity index (χ2v) is 12.2. The molecule has 4 rings (SSSR count). The van der Waals surface area contributed by atoms with Crippen molar-refractivity contribution in [3.05, 3.63) is 53.1 Å². The topological polar surface area (TPSA) is 73.8 Å². The van der Waals surface area contributed by atoms with Crippen LogP contribution in [0.3, 0.4) is 0 Å². The van der Waals surface area contributed by atoms with Gasteiger partial charge in [0.05, 0.1) is 15.1 Å². The Balaban J connectivity index is 1.51. The molecule has 0 radical (unpaired) electrons. The lowest BCUT2D eigenvalue weighted by Gasteiger charge is -2.33. The molecule has 1 fully saturated rings. The van der Waals surface area contributed by atoms with Crippen LogP contribution >= 0.6 is 22.9 Å². The van der Waals surface area contributed by atoms with Gasteiger partial charge < -0.3 is 4.90 Å². The number of sulfonamides is 1. The number of likely N-dealkylation sites (N-methyl/N-ethyl adjacent to an activating group) is 1. The number of carbonyl (C=O) groups is 1. The molecule has 34 heavy (non-hydrogen) atoms. The normalized spacial score (nSPS) is 15.8. The highest BCUT2D eigenvalue weighted by molar-refractivity contribution is 7.89. The van der Waals surface area contributed by atoms with Crippen LogP contribution in [0.15, 0.2) is 47.4 Å². The van der Waals surface area contributed by atoms with Gasteiger partial charge in [-0.05, 0) is 69.8 Å². The van der Waals surface area contributed by atoms with Crippen molar-refractivity contribution in [2.24, 2.45) is 5.92 Å². The highest BCUT2D eigenvalue weighted by atomic mass is 35.5. The van der Waals surface area contributed by atoms with Crippen LogP contribution < -0.4 is 4.90 Å². The van der Waals surface area contributed by atoms with Gasteiger partial charge in [0.15, 0.2) is 5.13 Å². The zero-order chi connectivity index (χ0) is 24.5. The van der Waals surface area contributed by atoms with E-state index in [4.69, 9.17) is 16.6 Å². The maximum absolute atomic E-state index is 13.6. The molecule has 3 aromatic rings. The van der Waals surface area contributed by atoms with E-state index in [9.17, 15) is 13.2 Å². The van der Waals surface area contributed by atoms with Crippen LogP contribution in [0.25, 0.3) is 10.2 Å². The summed E-state index contributed by atoms with van der Waals surface area (Å²) in [5.41, 5.74) is 2.01. The summed E-state index contributed by atoms with van der Waals surface area (Å²) in [4.78, 5) is 22.5. The maximum Gasteiger partial charge on any atom is 0.243 e. The van der Waals surface area contributed by atoms with Crippen LogP contribution in [-0.4, -0.2) is 68.8 Å². The standard InChI is InChI=1S/C24H29ClN4O3S2/c1-17-5-4-6-21-22(17)26-24(33-21)29(16-15-27(2)3)23(30)18-11-13-28(14-12-18)34(31,32)20-9-7-19(25)8-10-20/h4-10,18H,11-16H2,1-3H3. The molecule has 2 heterocycles. The Kier molecular flexibility index (Phi) is 7.59. The van der Waals surface area contributed by atoms with Crippen molar-refractivity contribution < 1.29 is 13.2 Å². The molecule has 182 valence electrons. The first-order valence-electron chi connectivity index (χ1n) is 11.2. The molecule has 0 unspecified atom stereocenters. The second kappa shape index (κ2) is 10.3. The molecular formula is C24H29ClN4O3S2. The van der Waals surface area contributed by atoms with Crippen molar-refractivity contribution in [1.29, 1.82) is 0 Å². The maximum atomic E-state index is 13.6. The number of benzene rings is 2. The molecule has 1 aromatic heterocycles. The van der Waals surface area contributed by atoms with Crippen LogP contribution in [-0.2, 0) is 14.8 Å². The fourth-order valence-electron chi connectivity index (χ4n) is 4.11. The number of hydrogen-bond acceptors (Lipinski definition) is 6. The Bertz CT molecular complexity index is 1270. The molecule has 0 saturated carbocycles. The largest absolute Gasteiger partial charge is 0.308 e. The Morgan fingerprint density at radius 1 is 1.12 bits per heavy atom. The van der Waals surface area contributed by atoms with Crippen LogP contribution in [0.1, 0.15) is 18.4 Å². The molecule has 1 aliphatic rings. The molecule has 10 heteroatoms. The number of nitrogens with zero attached hydrogens (tertiary/aromatic N) is 4. The van der Waals surface area contributed by atoms with Gasteiger partial charge in [0, 0.05) is 37.1 Å². The first-order chi connectivity index (χ1) is 16.2. The van der Waals surface area contributed by atoms with Crippen molar-refractivity contribution in [3.8, 4) is 0 Å². The van der Waals surface area contributed by atoms with Gasteiger partial charge >= 0.3 is 0 Å².